The first-order valence-electron chi connectivity index (χ1n) is 7.66. The van der Waals surface area contributed by atoms with E-state index >= 15 is 0 Å². The van der Waals surface area contributed by atoms with Gasteiger partial charge in [-0.3, -0.25) is 0 Å². The standard InChI is InChI=1S/C17H22N2OS/c1-3-8-18-16-7-4-13-9-14(5-6-15(13)16)20-10-17-19-12(2)11-21-17/h5-6,9,11,16,18H,3-4,7-8,10H2,1-2H3. The second-order valence-electron chi connectivity index (χ2n) is 5.58. The Morgan fingerprint density at radius 1 is 1.43 bits per heavy atom. The number of aryl methyl sites for hydroxylation is 2. The second-order valence-corrected chi connectivity index (χ2v) is 6.52. The maximum Gasteiger partial charge on any atom is 0.140 e. The molecule has 1 atom stereocenters. The molecule has 4 heteroatoms. The molecule has 1 aliphatic carbocycles. The van der Waals surface area contributed by atoms with Crippen LogP contribution in [0.1, 0.15) is 47.6 Å². The van der Waals surface area contributed by atoms with E-state index in [0.717, 1.165) is 29.4 Å². The topological polar surface area (TPSA) is 34.1 Å². The maximum absolute atomic E-state index is 5.87. The van der Waals surface area contributed by atoms with E-state index in [4.69, 9.17) is 4.74 Å². The predicted octanol–water partition coefficient (Wildman–Crippen LogP) is 4.02. The van der Waals surface area contributed by atoms with Gasteiger partial charge in [-0.1, -0.05) is 13.0 Å². The molecule has 0 amide bonds. The van der Waals surface area contributed by atoms with Crippen molar-refractivity contribution in [2.75, 3.05) is 6.54 Å². The van der Waals surface area contributed by atoms with E-state index in [1.165, 1.54) is 24.0 Å². The number of rotatable bonds is 6. The van der Waals surface area contributed by atoms with Crippen LogP contribution in [0.2, 0.25) is 0 Å². The summed E-state index contributed by atoms with van der Waals surface area (Å²) >= 11 is 1.66. The highest BCUT2D eigenvalue weighted by Gasteiger charge is 2.21. The largest absolute Gasteiger partial charge is 0.486 e. The number of fused-ring (bicyclic) bond motifs is 1. The molecule has 0 aliphatic heterocycles. The molecule has 1 aromatic heterocycles. The van der Waals surface area contributed by atoms with Gasteiger partial charge in [0, 0.05) is 17.1 Å². The second kappa shape index (κ2) is 6.58. The van der Waals surface area contributed by atoms with E-state index in [9.17, 15) is 0 Å². The summed E-state index contributed by atoms with van der Waals surface area (Å²) in [6, 6.07) is 7.03. The predicted molar refractivity (Wildman–Crippen MR) is 87.0 cm³/mol. The van der Waals surface area contributed by atoms with E-state index in [-0.39, 0.29) is 0 Å². The molecule has 3 nitrogen and oxygen atoms in total. The summed E-state index contributed by atoms with van der Waals surface area (Å²) in [6.45, 7) is 5.87. The summed E-state index contributed by atoms with van der Waals surface area (Å²) in [4.78, 5) is 4.43. The van der Waals surface area contributed by atoms with Gasteiger partial charge in [0.2, 0.25) is 0 Å². The third-order valence-corrected chi connectivity index (χ3v) is 4.80. The summed E-state index contributed by atoms with van der Waals surface area (Å²) < 4.78 is 5.87. The molecule has 1 unspecified atom stereocenters. The Morgan fingerprint density at radius 3 is 3.10 bits per heavy atom. The van der Waals surface area contributed by atoms with Crippen molar-refractivity contribution in [2.45, 2.75) is 45.8 Å². The first-order chi connectivity index (χ1) is 10.3. The molecular formula is C17H22N2OS. The van der Waals surface area contributed by atoms with Crippen molar-refractivity contribution in [2.24, 2.45) is 0 Å². The third kappa shape index (κ3) is 3.44. The van der Waals surface area contributed by atoms with Crippen molar-refractivity contribution in [3.05, 3.63) is 45.4 Å². The monoisotopic (exact) mass is 302 g/mol. The minimum atomic E-state index is 0.524. The molecule has 0 spiro atoms. The Morgan fingerprint density at radius 2 is 2.33 bits per heavy atom. The lowest BCUT2D eigenvalue weighted by Crippen LogP contribution is -2.19. The zero-order valence-corrected chi connectivity index (χ0v) is 13.5. The van der Waals surface area contributed by atoms with Gasteiger partial charge < -0.3 is 10.1 Å². The first-order valence-corrected chi connectivity index (χ1v) is 8.54. The number of nitrogens with one attached hydrogen (secondary N) is 1. The van der Waals surface area contributed by atoms with Gasteiger partial charge in [-0.05, 0) is 56.0 Å². The molecule has 1 heterocycles. The summed E-state index contributed by atoms with van der Waals surface area (Å²) in [5.41, 5.74) is 3.94. The van der Waals surface area contributed by atoms with Crippen molar-refractivity contribution < 1.29 is 4.74 Å². The highest BCUT2D eigenvalue weighted by molar-refractivity contribution is 7.09. The van der Waals surface area contributed by atoms with Gasteiger partial charge in [-0.2, -0.15) is 0 Å². The van der Waals surface area contributed by atoms with Crippen LogP contribution in [0, 0.1) is 6.92 Å². The molecular weight excluding hydrogens is 280 g/mol. The van der Waals surface area contributed by atoms with E-state index in [0.29, 0.717) is 12.6 Å². The van der Waals surface area contributed by atoms with E-state index in [1.807, 2.05) is 6.92 Å². The van der Waals surface area contributed by atoms with Crippen LogP contribution in [0.25, 0.3) is 0 Å². The van der Waals surface area contributed by atoms with E-state index in [2.05, 4.69) is 40.8 Å². The first kappa shape index (κ1) is 14.5. The normalized spacial score (nSPS) is 17.0. The van der Waals surface area contributed by atoms with Crippen molar-refractivity contribution in [3.63, 3.8) is 0 Å². The summed E-state index contributed by atoms with van der Waals surface area (Å²) in [5, 5.41) is 6.72. The van der Waals surface area contributed by atoms with Crippen molar-refractivity contribution in [1.29, 1.82) is 0 Å². The Labute approximate surface area is 130 Å². The van der Waals surface area contributed by atoms with Crippen molar-refractivity contribution in [1.82, 2.24) is 10.3 Å². The molecule has 2 aromatic rings. The lowest BCUT2D eigenvalue weighted by molar-refractivity contribution is 0.305. The Hall–Kier alpha value is -1.39. The Bertz CT molecular complexity index is 609. The fraction of sp³-hybridized carbons (Fsp3) is 0.471. The molecule has 1 aromatic carbocycles. The Balaban J connectivity index is 1.64. The van der Waals surface area contributed by atoms with Crippen molar-refractivity contribution >= 4 is 11.3 Å². The smallest absolute Gasteiger partial charge is 0.140 e. The van der Waals surface area contributed by atoms with Gasteiger partial charge in [-0.15, -0.1) is 11.3 Å². The van der Waals surface area contributed by atoms with Crippen LogP contribution < -0.4 is 10.1 Å². The highest BCUT2D eigenvalue weighted by atomic mass is 32.1. The molecule has 1 aliphatic rings. The average molecular weight is 302 g/mol. The number of ether oxygens (including phenoxy) is 1. The minimum absolute atomic E-state index is 0.524. The van der Waals surface area contributed by atoms with Gasteiger partial charge in [0.05, 0.1) is 0 Å². The molecule has 1 N–H and O–H groups in total. The lowest BCUT2D eigenvalue weighted by atomic mass is 10.1. The highest BCUT2D eigenvalue weighted by Crippen LogP contribution is 2.33. The quantitative estimate of drug-likeness (QED) is 0.875. The van der Waals surface area contributed by atoms with Crippen LogP contribution >= 0.6 is 11.3 Å². The molecule has 3 rings (SSSR count). The SMILES string of the molecule is CCCNC1CCc2cc(OCc3nc(C)cs3)ccc21. The van der Waals surface area contributed by atoms with Crippen LogP contribution in [-0.4, -0.2) is 11.5 Å². The van der Waals surface area contributed by atoms with Gasteiger partial charge in [-0.25, -0.2) is 4.98 Å². The van der Waals surface area contributed by atoms with Crippen LogP contribution in [0.4, 0.5) is 0 Å². The number of thiazole rings is 1. The summed E-state index contributed by atoms with van der Waals surface area (Å²) in [6.07, 6.45) is 3.52. The number of hydrogen-bond acceptors (Lipinski definition) is 4. The van der Waals surface area contributed by atoms with Crippen molar-refractivity contribution in [3.8, 4) is 5.75 Å². The number of aromatic nitrogens is 1. The average Bonchev–Trinajstić information content (AvgIpc) is 3.09. The van der Waals surface area contributed by atoms with Crippen LogP contribution in [0.3, 0.4) is 0 Å². The molecule has 112 valence electrons. The van der Waals surface area contributed by atoms with E-state index in [1.54, 1.807) is 11.3 Å². The van der Waals surface area contributed by atoms with Gasteiger partial charge in [0.15, 0.2) is 0 Å². The molecule has 0 saturated heterocycles. The summed E-state index contributed by atoms with van der Waals surface area (Å²) in [7, 11) is 0. The Kier molecular flexibility index (Phi) is 4.56. The fourth-order valence-electron chi connectivity index (χ4n) is 2.83. The number of benzene rings is 1. The van der Waals surface area contributed by atoms with Gasteiger partial charge in [0.25, 0.3) is 0 Å². The molecule has 0 saturated carbocycles. The number of nitrogens with zero attached hydrogens (tertiary/aromatic N) is 1. The van der Waals surface area contributed by atoms with Gasteiger partial charge in [0.1, 0.15) is 17.4 Å². The van der Waals surface area contributed by atoms with Crippen LogP contribution in [-0.2, 0) is 13.0 Å². The maximum atomic E-state index is 5.87. The van der Waals surface area contributed by atoms with E-state index < -0.39 is 0 Å². The fourth-order valence-corrected chi connectivity index (χ4v) is 3.51. The molecule has 0 bridgehead atoms. The zero-order chi connectivity index (χ0) is 14.7. The lowest BCUT2D eigenvalue weighted by Gasteiger charge is -2.13. The van der Waals surface area contributed by atoms with Crippen LogP contribution in [0.15, 0.2) is 23.6 Å². The van der Waals surface area contributed by atoms with Crippen LogP contribution in [0.5, 0.6) is 5.75 Å². The third-order valence-electron chi connectivity index (χ3n) is 3.86. The molecule has 21 heavy (non-hydrogen) atoms. The van der Waals surface area contributed by atoms with Gasteiger partial charge >= 0.3 is 0 Å². The minimum Gasteiger partial charge on any atom is -0.486 e. The number of hydrogen-bond donors (Lipinski definition) is 1. The summed E-state index contributed by atoms with van der Waals surface area (Å²) in [5.74, 6) is 0.956. The zero-order valence-electron chi connectivity index (χ0n) is 12.7. The molecule has 0 radical (unpaired) electrons. The molecule has 0 fully saturated rings.